The Labute approximate surface area is 178 Å². The van der Waals surface area contributed by atoms with Crippen LogP contribution in [0.2, 0.25) is 0 Å². The molecule has 2 heterocycles. The van der Waals surface area contributed by atoms with E-state index in [1.165, 1.54) is 34.3 Å². The molecular formula is C21H21F2N3O4S. The van der Waals surface area contributed by atoms with E-state index < -0.39 is 39.5 Å². The van der Waals surface area contributed by atoms with Gasteiger partial charge in [0.15, 0.2) is 0 Å². The van der Waals surface area contributed by atoms with Crippen LogP contribution in [0.15, 0.2) is 41.3 Å². The SMILES string of the molecule is CC(=O)N1c2ccc(S(=O)(=O)N3CCCC3)cc2CC1C(=O)Nc1cc(F)ccc1F. The second-order valence-electron chi connectivity index (χ2n) is 7.62. The largest absolute Gasteiger partial charge is 0.322 e. The number of anilines is 2. The van der Waals surface area contributed by atoms with Crippen molar-refractivity contribution < 1.29 is 26.8 Å². The summed E-state index contributed by atoms with van der Waals surface area (Å²) in [6, 6.07) is 6.08. The van der Waals surface area contributed by atoms with Gasteiger partial charge in [-0.25, -0.2) is 17.2 Å². The molecule has 0 aliphatic carbocycles. The minimum absolute atomic E-state index is 0.0566. The molecule has 7 nitrogen and oxygen atoms in total. The van der Waals surface area contributed by atoms with E-state index >= 15 is 0 Å². The highest BCUT2D eigenvalue weighted by molar-refractivity contribution is 7.89. The van der Waals surface area contributed by atoms with Gasteiger partial charge >= 0.3 is 0 Å². The Balaban J connectivity index is 1.63. The zero-order valence-electron chi connectivity index (χ0n) is 16.8. The monoisotopic (exact) mass is 449 g/mol. The number of nitrogens with zero attached hydrogens (tertiary/aromatic N) is 2. The highest BCUT2D eigenvalue weighted by Crippen LogP contribution is 2.35. The van der Waals surface area contributed by atoms with Crippen LogP contribution in [0.5, 0.6) is 0 Å². The fourth-order valence-corrected chi connectivity index (χ4v) is 5.64. The molecular weight excluding hydrogens is 428 g/mol. The number of sulfonamides is 1. The number of rotatable bonds is 4. The Morgan fingerprint density at radius 1 is 1.06 bits per heavy atom. The molecule has 10 heteroatoms. The van der Waals surface area contributed by atoms with Crippen molar-refractivity contribution in [3.8, 4) is 0 Å². The number of halogens is 2. The maximum atomic E-state index is 13.9. The highest BCUT2D eigenvalue weighted by atomic mass is 32.2. The van der Waals surface area contributed by atoms with Gasteiger partial charge in [0.25, 0.3) is 0 Å². The molecule has 0 bridgehead atoms. The molecule has 31 heavy (non-hydrogen) atoms. The smallest absolute Gasteiger partial charge is 0.247 e. The topological polar surface area (TPSA) is 86.8 Å². The van der Waals surface area contributed by atoms with E-state index in [2.05, 4.69) is 5.32 Å². The zero-order chi connectivity index (χ0) is 22.3. The number of benzene rings is 2. The number of amides is 2. The first kappa shape index (κ1) is 21.4. The third kappa shape index (κ3) is 3.92. The van der Waals surface area contributed by atoms with Crippen molar-refractivity contribution in [1.29, 1.82) is 0 Å². The maximum absolute atomic E-state index is 13.9. The normalized spacial score (nSPS) is 18.8. The van der Waals surface area contributed by atoms with E-state index in [4.69, 9.17) is 0 Å². The van der Waals surface area contributed by atoms with Crippen molar-refractivity contribution in [1.82, 2.24) is 4.31 Å². The second-order valence-corrected chi connectivity index (χ2v) is 9.56. The van der Waals surface area contributed by atoms with Gasteiger partial charge < -0.3 is 5.32 Å². The zero-order valence-corrected chi connectivity index (χ0v) is 17.6. The summed E-state index contributed by atoms with van der Waals surface area (Å²) in [5, 5.41) is 2.33. The average Bonchev–Trinajstić information content (AvgIpc) is 3.38. The lowest BCUT2D eigenvalue weighted by molar-refractivity contribution is -0.122. The van der Waals surface area contributed by atoms with Crippen molar-refractivity contribution >= 4 is 33.2 Å². The van der Waals surface area contributed by atoms with Gasteiger partial charge in [0.2, 0.25) is 21.8 Å². The van der Waals surface area contributed by atoms with E-state index in [9.17, 15) is 26.8 Å². The second kappa shape index (κ2) is 8.01. The number of fused-ring (bicyclic) bond motifs is 1. The molecule has 1 saturated heterocycles. The molecule has 0 aromatic heterocycles. The van der Waals surface area contributed by atoms with E-state index in [-0.39, 0.29) is 17.0 Å². The molecule has 2 aliphatic rings. The minimum Gasteiger partial charge on any atom is -0.322 e. The Bertz CT molecular complexity index is 1160. The molecule has 1 unspecified atom stereocenters. The summed E-state index contributed by atoms with van der Waals surface area (Å²) in [6.07, 6.45) is 1.67. The Kier molecular flexibility index (Phi) is 5.52. The molecule has 164 valence electrons. The summed E-state index contributed by atoms with van der Waals surface area (Å²) < 4.78 is 54.5. The molecule has 2 aromatic carbocycles. The predicted octanol–water partition coefficient (Wildman–Crippen LogP) is 2.67. The molecule has 2 amide bonds. The van der Waals surface area contributed by atoms with E-state index in [0.717, 1.165) is 31.0 Å². The van der Waals surface area contributed by atoms with Crippen molar-refractivity contribution in [2.24, 2.45) is 0 Å². The summed E-state index contributed by atoms with van der Waals surface area (Å²) in [5.41, 5.74) is 0.616. The number of hydrogen-bond acceptors (Lipinski definition) is 4. The van der Waals surface area contributed by atoms with E-state index in [1.807, 2.05) is 0 Å². The summed E-state index contributed by atoms with van der Waals surface area (Å²) in [4.78, 5) is 26.5. The van der Waals surface area contributed by atoms with Gasteiger partial charge in [-0.15, -0.1) is 0 Å². The van der Waals surface area contributed by atoms with Crippen molar-refractivity contribution in [3.63, 3.8) is 0 Å². The first-order valence-electron chi connectivity index (χ1n) is 9.87. The summed E-state index contributed by atoms with van der Waals surface area (Å²) in [5.74, 6) is -2.64. The van der Waals surface area contributed by atoms with Crippen LogP contribution >= 0.6 is 0 Å². The number of hydrogen-bond donors (Lipinski definition) is 1. The Hall–Kier alpha value is -2.85. The van der Waals surface area contributed by atoms with Crippen LogP contribution in [-0.4, -0.2) is 43.7 Å². The van der Waals surface area contributed by atoms with Crippen LogP contribution in [-0.2, 0) is 26.0 Å². The number of nitrogens with one attached hydrogen (secondary N) is 1. The quantitative estimate of drug-likeness (QED) is 0.778. The fourth-order valence-electron chi connectivity index (χ4n) is 4.07. The van der Waals surface area contributed by atoms with Crippen LogP contribution in [0.25, 0.3) is 0 Å². The van der Waals surface area contributed by atoms with Crippen LogP contribution in [0.1, 0.15) is 25.3 Å². The van der Waals surface area contributed by atoms with Gasteiger partial charge in [0.05, 0.1) is 10.6 Å². The van der Waals surface area contributed by atoms with Gasteiger partial charge in [-0.3, -0.25) is 14.5 Å². The van der Waals surface area contributed by atoms with Crippen LogP contribution in [0, 0.1) is 11.6 Å². The van der Waals surface area contributed by atoms with Crippen LogP contribution in [0.3, 0.4) is 0 Å². The number of carbonyl (C=O) groups excluding carboxylic acids is 2. The summed E-state index contributed by atoms with van der Waals surface area (Å²) in [6.45, 7) is 2.21. The lowest BCUT2D eigenvalue weighted by Gasteiger charge is -2.23. The third-order valence-corrected chi connectivity index (χ3v) is 7.46. The van der Waals surface area contributed by atoms with Crippen LogP contribution < -0.4 is 10.2 Å². The van der Waals surface area contributed by atoms with Gasteiger partial charge in [0, 0.05) is 38.2 Å². The minimum atomic E-state index is -3.66. The molecule has 2 aromatic rings. The first-order chi connectivity index (χ1) is 14.7. The van der Waals surface area contributed by atoms with Crippen molar-refractivity contribution in [2.45, 2.75) is 37.1 Å². The maximum Gasteiger partial charge on any atom is 0.247 e. The molecule has 0 spiro atoms. The molecule has 1 atom stereocenters. The molecule has 0 saturated carbocycles. The van der Waals surface area contributed by atoms with Gasteiger partial charge in [-0.05, 0) is 48.7 Å². The van der Waals surface area contributed by atoms with Gasteiger partial charge in [0.1, 0.15) is 17.7 Å². The van der Waals surface area contributed by atoms with Gasteiger partial charge in [-0.2, -0.15) is 4.31 Å². The average molecular weight is 449 g/mol. The van der Waals surface area contributed by atoms with E-state index in [1.54, 1.807) is 0 Å². The molecule has 1 N–H and O–H groups in total. The van der Waals surface area contributed by atoms with Crippen LogP contribution in [0.4, 0.5) is 20.2 Å². The lowest BCUT2D eigenvalue weighted by Crippen LogP contribution is -2.44. The third-order valence-electron chi connectivity index (χ3n) is 5.57. The Morgan fingerprint density at radius 2 is 1.77 bits per heavy atom. The fraction of sp³-hybridized carbons (Fsp3) is 0.333. The molecule has 2 aliphatic heterocycles. The molecule has 4 rings (SSSR count). The van der Waals surface area contributed by atoms with Crippen molar-refractivity contribution in [3.05, 3.63) is 53.6 Å². The summed E-state index contributed by atoms with van der Waals surface area (Å²) in [7, 11) is -3.66. The lowest BCUT2D eigenvalue weighted by atomic mass is 10.1. The van der Waals surface area contributed by atoms with E-state index in [0.29, 0.717) is 24.3 Å². The predicted molar refractivity (Wildman–Crippen MR) is 110 cm³/mol. The van der Waals surface area contributed by atoms with Gasteiger partial charge in [-0.1, -0.05) is 0 Å². The molecule has 1 fully saturated rings. The number of carbonyl (C=O) groups is 2. The molecule has 0 radical (unpaired) electrons. The standard InChI is InChI=1S/C21H21F2N3O4S/c1-13(27)26-19-7-5-16(31(29,30)25-8-2-3-9-25)10-14(19)11-20(26)21(28)24-18-12-15(22)4-6-17(18)23/h4-7,10,12,20H,2-3,8-9,11H2,1H3,(H,24,28). The summed E-state index contributed by atoms with van der Waals surface area (Å²) >= 11 is 0. The first-order valence-corrected chi connectivity index (χ1v) is 11.3. The van der Waals surface area contributed by atoms with Crippen molar-refractivity contribution in [2.75, 3.05) is 23.3 Å². The highest BCUT2D eigenvalue weighted by Gasteiger charge is 2.38. The Morgan fingerprint density at radius 3 is 2.45 bits per heavy atom.